The smallest absolute Gasteiger partial charge is 0.248 e. The number of benzene rings is 1. The van der Waals surface area contributed by atoms with Crippen LogP contribution in [0.2, 0.25) is 0 Å². The standard InChI is InChI=1S/C11H15NO3/c1-14-6-3-7-15-10-5-2-4-9(8-10)11(12)13/h2,4-5,8H,3,6-7H2,1H3,(H2,12,13). The predicted molar refractivity (Wildman–Crippen MR) is 56.9 cm³/mol. The number of amides is 1. The predicted octanol–water partition coefficient (Wildman–Crippen LogP) is 1.20. The Morgan fingerprint density at radius 1 is 1.40 bits per heavy atom. The lowest BCUT2D eigenvalue weighted by Gasteiger charge is -2.06. The van der Waals surface area contributed by atoms with Crippen LogP contribution in [-0.2, 0) is 4.74 Å². The third-order valence-corrected chi connectivity index (χ3v) is 1.88. The topological polar surface area (TPSA) is 61.6 Å². The molecule has 15 heavy (non-hydrogen) atoms. The van der Waals surface area contributed by atoms with E-state index in [-0.39, 0.29) is 0 Å². The highest BCUT2D eigenvalue weighted by Crippen LogP contribution is 2.12. The molecule has 0 bridgehead atoms. The minimum atomic E-state index is -0.447. The minimum absolute atomic E-state index is 0.447. The summed E-state index contributed by atoms with van der Waals surface area (Å²) in [7, 11) is 1.65. The summed E-state index contributed by atoms with van der Waals surface area (Å²) in [5.41, 5.74) is 5.60. The molecule has 1 amide bonds. The second-order valence-corrected chi connectivity index (χ2v) is 3.09. The highest BCUT2D eigenvalue weighted by Gasteiger charge is 2.01. The Labute approximate surface area is 89.0 Å². The molecule has 0 spiro atoms. The fraction of sp³-hybridized carbons (Fsp3) is 0.364. The van der Waals surface area contributed by atoms with Crippen LogP contribution in [0.25, 0.3) is 0 Å². The number of carbonyl (C=O) groups is 1. The lowest BCUT2D eigenvalue weighted by molar-refractivity contribution is 0.0999. The number of primary amides is 1. The van der Waals surface area contributed by atoms with Crippen molar-refractivity contribution in [3.8, 4) is 5.75 Å². The number of carbonyl (C=O) groups excluding carboxylic acids is 1. The van der Waals surface area contributed by atoms with Crippen LogP contribution in [0.15, 0.2) is 24.3 Å². The Balaban J connectivity index is 2.47. The van der Waals surface area contributed by atoms with Crippen molar-refractivity contribution < 1.29 is 14.3 Å². The molecule has 0 fully saturated rings. The summed E-state index contributed by atoms with van der Waals surface area (Å²) in [5.74, 6) is 0.208. The van der Waals surface area contributed by atoms with Gasteiger partial charge in [0.2, 0.25) is 5.91 Å². The van der Waals surface area contributed by atoms with Gasteiger partial charge in [-0.3, -0.25) is 4.79 Å². The van der Waals surface area contributed by atoms with Crippen molar-refractivity contribution in [2.75, 3.05) is 20.3 Å². The van der Waals surface area contributed by atoms with Gasteiger partial charge >= 0.3 is 0 Å². The normalized spacial score (nSPS) is 9.93. The van der Waals surface area contributed by atoms with Gasteiger partial charge in [-0.15, -0.1) is 0 Å². The molecule has 4 heteroatoms. The van der Waals surface area contributed by atoms with Gasteiger partial charge in [-0.1, -0.05) is 6.07 Å². The van der Waals surface area contributed by atoms with Crippen molar-refractivity contribution in [2.24, 2.45) is 5.73 Å². The van der Waals surface area contributed by atoms with E-state index in [2.05, 4.69) is 0 Å². The van der Waals surface area contributed by atoms with E-state index < -0.39 is 5.91 Å². The molecule has 0 atom stereocenters. The maximum atomic E-state index is 10.9. The maximum absolute atomic E-state index is 10.9. The Morgan fingerprint density at radius 3 is 2.87 bits per heavy atom. The number of rotatable bonds is 6. The van der Waals surface area contributed by atoms with Crippen molar-refractivity contribution in [3.05, 3.63) is 29.8 Å². The van der Waals surface area contributed by atoms with Gasteiger partial charge in [0.15, 0.2) is 0 Å². The van der Waals surface area contributed by atoms with Crippen molar-refractivity contribution in [1.29, 1.82) is 0 Å². The molecular weight excluding hydrogens is 194 g/mol. The van der Waals surface area contributed by atoms with Crippen LogP contribution >= 0.6 is 0 Å². The average molecular weight is 209 g/mol. The maximum Gasteiger partial charge on any atom is 0.248 e. The van der Waals surface area contributed by atoms with E-state index in [4.69, 9.17) is 15.2 Å². The summed E-state index contributed by atoms with van der Waals surface area (Å²) >= 11 is 0. The molecule has 1 rings (SSSR count). The van der Waals surface area contributed by atoms with Crippen molar-refractivity contribution in [1.82, 2.24) is 0 Å². The second kappa shape index (κ2) is 6.03. The zero-order chi connectivity index (χ0) is 11.1. The Hall–Kier alpha value is -1.55. The summed E-state index contributed by atoms with van der Waals surface area (Å²) < 4.78 is 10.3. The van der Waals surface area contributed by atoms with Gasteiger partial charge in [0, 0.05) is 25.7 Å². The number of nitrogens with two attached hydrogens (primary N) is 1. The lowest BCUT2D eigenvalue weighted by Crippen LogP contribution is -2.11. The molecule has 0 saturated carbocycles. The molecule has 0 aliphatic rings. The van der Waals surface area contributed by atoms with Gasteiger partial charge < -0.3 is 15.2 Å². The number of hydrogen-bond donors (Lipinski definition) is 1. The summed E-state index contributed by atoms with van der Waals surface area (Å²) in [6.07, 6.45) is 0.817. The Bertz CT molecular complexity index is 325. The van der Waals surface area contributed by atoms with Gasteiger partial charge in [-0.25, -0.2) is 0 Å². The van der Waals surface area contributed by atoms with Gasteiger partial charge in [0.25, 0.3) is 0 Å². The molecule has 4 nitrogen and oxygen atoms in total. The summed E-state index contributed by atoms with van der Waals surface area (Å²) in [6, 6.07) is 6.82. The van der Waals surface area contributed by atoms with Gasteiger partial charge in [0.1, 0.15) is 5.75 Å². The monoisotopic (exact) mass is 209 g/mol. The Morgan fingerprint density at radius 2 is 2.20 bits per heavy atom. The third-order valence-electron chi connectivity index (χ3n) is 1.88. The van der Waals surface area contributed by atoms with Crippen LogP contribution in [0, 0.1) is 0 Å². The highest BCUT2D eigenvalue weighted by molar-refractivity contribution is 5.93. The average Bonchev–Trinajstić information content (AvgIpc) is 2.25. The number of methoxy groups -OCH3 is 1. The van der Waals surface area contributed by atoms with E-state index in [0.29, 0.717) is 24.5 Å². The van der Waals surface area contributed by atoms with E-state index in [1.807, 2.05) is 0 Å². The van der Waals surface area contributed by atoms with E-state index in [1.54, 1.807) is 31.4 Å². The first-order valence-corrected chi connectivity index (χ1v) is 4.75. The van der Waals surface area contributed by atoms with Crippen molar-refractivity contribution in [3.63, 3.8) is 0 Å². The van der Waals surface area contributed by atoms with Crippen LogP contribution in [0.5, 0.6) is 5.75 Å². The minimum Gasteiger partial charge on any atom is -0.493 e. The molecule has 0 unspecified atom stereocenters. The fourth-order valence-corrected chi connectivity index (χ4v) is 1.13. The first kappa shape index (κ1) is 11.5. The van der Waals surface area contributed by atoms with E-state index in [1.165, 1.54) is 0 Å². The van der Waals surface area contributed by atoms with Crippen LogP contribution in [0.3, 0.4) is 0 Å². The quantitative estimate of drug-likeness (QED) is 0.716. The third kappa shape index (κ3) is 3.99. The molecule has 1 aromatic carbocycles. The van der Waals surface area contributed by atoms with Crippen LogP contribution in [0.1, 0.15) is 16.8 Å². The first-order valence-electron chi connectivity index (χ1n) is 4.75. The van der Waals surface area contributed by atoms with E-state index in [9.17, 15) is 4.79 Å². The van der Waals surface area contributed by atoms with E-state index >= 15 is 0 Å². The number of hydrogen-bond acceptors (Lipinski definition) is 3. The van der Waals surface area contributed by atoms with Gasteiger partial charge in [-0.05, 0) is 18.2 Å². The zero-order valence-corrected chi connectivity index (χ0v) is 8.73. The first-order chi connectivity index (χ1) is 7.24. The molecule has 0 aliphatic carbocycles. The molecular formula is C11H15NO3. The van der Waals surface area contributed by atoms with Gasteiger partial charge in [0.05, 0.1) is 6.61 Å². The summed E-state index contributed by atoms with van der Waals surface area (Å²) in [5, 5.41) is 0. The second-order valence-electron chi connectivity index (χ2n) is 3.09. The van der Waals surface area contributed by atoms with Gasteiger partial charge in [-0.2, -0.15) is 0 Å². The molecule has 0 saturated heterocycles. The molecule has 0 radical (unpaired) electrons. The largest absolute Gasteiger partial charge is 0.493 e. The SMILES string of the molecule is COCCCOc1cccc(C(N)=O)c1. The van der Waals surface area contributed by atoms with Crippen LogP contribution < -0.4 is 10.5 Å². The summed E-state index contributed by atoms with van der Waals surface area (Å²) in [4.78, 5) is 10.9. The molecule has 0 aliphatic heterocycles. The molecule has 1 aromatic rings. The zero-order valence-electron chi connectivity index (χ0n) is 8.73. The van der Waals surface area contributed by atoms with Crippen LogP contribution in [0.4, 0.5) is 0 Å². The molecule has 2 N–H and O–H groups in total. The fourth-order valence-electron chi connectivity index (χ4n) is 1.13. The van der Waals surface area contributed by atoms with E-state index in [0.717, 1.165) is 6.42 Å². The van der Waals surface area contributed by atoms with Crippen molar-refractivity contribution in [2.45, 2.75) is 6.42 Å². The van der Waals surface area contributed by atoms with Crippen LogP contribution in [-0.4, -0.2) is 26.2 Å². The van der Waals surface area contributed by atoms with Crippen molar-refractivity contribution >= 4 is 5.91 Å². The summed E-state index contributed by atoms with van der Waals surface area (Å²) in [6.45, 7) is 1.23. The number of ether oxygens (including phenoxy) is 2. The molecule has 82 valence electrons. The molecule has 0 aromatic heterocycles. The molecule has 0 heterocycles. The Kier molecular flexibility index (Phi) is 4.63. The lowest BCUT2D eigenvalue weighted by atomic mass is 10.2. The highest BCUT2D eigenvalue weighted by atomic mass is 16.5.